The Morgan fingerprint density at radius 1 is 0.885 bits per heavy atom. The van der Waals surface area contributed by atoms with Crippen molar-refractivity contribution in [2.24, 2.45) is 0 Å². The highest BCUT2D eigenvalue weighted by molar-refractivity contribution is 5.69. The van der Waals surface area contributed by atoms with Crippen LogP contribution in [0.25, 0.3) is 0 Å². The topological polar surface area (TPSA) is 46.5 Å². The molecular formula is C23H44O3. The zero-order chi connectivity index (χ0) is 19.5. The molecule has 0 aromatic heterocycles. The van der Waals surface area contributed by atoms with Gasteiger partial charge in [0.15, 0.2) is 0 Å². The van der Waals surface area contributed by atoms with E-state index in [1.807, 2.05) is 19.9 Å². The van der Waals surface area contributed by atoms with Gasteiger partial charge in [0.25, 0.3) is 0 Å². The predicted octanol–water partition coefficient (Wildman–Crippen LogP) is 6.73. The molecule has 0 spiro atoms. The number of esters is 1. The maximum atomic E-state index is 11.2. The van der Waals surface area contributed by atoms with Gasteiger partial charge in [0.1, 0.15) is 0 Å². The Morgan fingerprint density at radius 3 is 1.96 bits per heavy atom. The average Bonchev–Trinajstić information content (AvgIpc) is 2.60. The Morgan fingerprint density at radius 2 is 1.42 bits per heavy atom. The Hall–Kier alpha value is -0.830. The van der Waals surface area contributed by atoms with E-state index >= 15 is 0 Å². The first kappa shape index (κ1) is 25.2. The van der Waals surface area contributed by atoms with E-state index in [-0.39, 0.29) is 5.97 Å². The first-order valence-electron chi connectivity index (χ1n) is 11.1. The minimum atomic E-state index is -0.619. The second-order valence-electron chi connectivity index (χ2n) is 7.74. The van der Waals surface area contributed by atoms with Crippen LogP contribution >= 0.6 is 0 Å². The van der Waals surface area contributed by atoms with E-state index in [9.17, 15) is 9.90 Å². The van der Waals surface area contributed by atoms with E-state index in [1.54, 1.807) is 0 Å². The van der Waals surface area contributed by atoms with Crippen LogP contribution in [0.3, 0.4) is 0 Å². The van der Waals surface area contributed by atoms with Crippen LogP contribution in [-0.4, -0.2) is 23.3 Å². The highest BCUT2D eigenvalue weighted by Gasteiger charge is 2.14. The first-order valence-corrected chi connectivity index (χ1v) is 11.1. The molecule has 0 heterocycles. The Labute approximate surface area is 162 Å². The van der Waals surface area contributed by atoms with Crippen LogP contribution in [0.4, 0.5) is 0 Å². The number of carbonyl (C=O) groups excluding carboxylic acids is 1. The van der Waals surface area contributed by atoms with E-state index in [0.717, 1.165) is 38.5 Å². The van der Waals surface area contributed by atoms with Crippen LogP contribution in [-0.2, 0) is 9.53 Å². The summed E-state index contributed by atoms with van der Waals surface area (Å²) in [5.74, 6) is -0.0491. The largest absolute Gasteiger partial charge is 0.466 e. The van der Waals surface area contributed by atoms with Crippen LogP contribution in [0, 0.1) is 0 Å². The van der Waals surface area contributed by atoms with Gasteiger partial charge in [0.2, 0.25) is 0 Å². The summed E-state index contributed by atoms with van der Waals surface area (Å²) in [6, 6.07) is 0. The molecule has 0 aliphatic carbocycles. The zero-order valence-electron chi connectivity index (χ0n) is 17.7. The summed E-state index contributed by atoms with van der Waals surface area (Å²) in [7, 11) is 0. The highest BCUT2D eigenvalue weighted by atomic mass is 16.5. The molecule has 0 bridgehead atoms. The molecule has 0 saturated carbocycles. The molecule has 0 aliphatic heterocycles. The number of aliphatic hydroxyl groups is 1. The standard InChI is InChI=1S/C23H44O3/c1-4-6-20-23(3,25)21-18-16-14-12-10-8-7-9-11-13-15-17-19-22(24)26-5-2/h18,21,25H,4-17,19-20H2,1-3H3. The molecule has 1 unspecified atom stereocenters. The molecule has 0 aliphatic rings. The van der Waals surface area contributed by atoms with Crippen molar-refractivity contribution in [3.05, 3.63) is 12.2 Å². The van der Waals surface area contributed by atoms with Gasteiger partial charge in [-0.3, -0.25) is 4.79 Å². The van der Waals surface area contributed by atoms with Crippen molar-refractivity contribution in [1.29, 1.82) is 0 Å². The second kappa shape index (κ2) is 17.6. The molecule has 0 amide bonds. The molecule has 154 valence electrons. The third kappa shape index (κ3) is 18.0. The summed E-state index contributed by atoms with van der Waals surface area (Å²) in [5.41, 5.74) is -0.619. The van der Waals surface area contributed by atoms with Crippen molar-refractivity contribution in [2.45, 2.75) is 123 Å². The number of ether oxygens (including phenoxy) is 1. The van der Waals surface area contributed by atoms with Crippen LogP contribution < -0.4 is 0 Å². The van der Waals surface area contributed by atoms with Gasteiger partial charge in [-0.05, 0) is 39.5 Å². The molecule has 3 heteroatoms. The molecule has 26 heavy (non-hydrogen) atoms. The van der Waals surface area contributed by atoms with Gasteiger partial charge in [0, 0.05) is 6.42 Å². The van der Waals surface area contributed by atoms with Gasteiger partial charge in [-0.15, -0.1) is 0 Å². The summed E-state index contributed by atoms with van der Waals surface area (Å²) in [6.07, 6.45) is 21.4. The number of allylic oxidation sites excluding steroid dienone is 1. The van der Waals surface area contributed by atoms with Crippen molar-refractivity contribution in [3.8, 4) is 0 Å². The first-order chi connectivity index (χ1) is 12.5. The summed E-state index contributed by atoms with van der Waals surface area (Å²) in [5, 5.41) is 10.2. The van der Waals surface area contributed by atoms with Crippen molar-refractivity contribution < 1.29 is 14.6 Å². The number of carbonyl (C=O) groups is 1. The van der Waals surface area contributed by atoms with Crippen molar-refractivity contribution in [3.63, 3.8) is 0 Å². The maximum absolute atomic E-state index is 11.2. The van der Waals surface area contributed by atoms with E-state index in [0.29, 0.717) is 13.0 Å². The third-order valence-electron chi connectivity index (χ3n) is 4.82. The van der Waals surface area contributed by atoms with E-state index in [4.69, 9.17) is 4.74 Å². The highest BCUT2D eigenvalue weighted by Crippen LogP contribution is 2.16. The fraction of sp³-hybridized carbons (Fsp3) is 0.870. The minimum Gasteiger partial charge on any atom is -0.466 e. The molecule has 1 N–H and O–H groups in total. The zero-order valence-corrected chi connectivity index (χ0v) is 17.7. The molecular weight excluding hydrogens is 324 g/mol. The Balaban J connectivity index is 3.30. The maximum Gasteiger partial charge on any atom is 0.305 e. The SMILES string of the molecule is CCCCC(C)(O)C=CCCCCCCCCCCCCC(=O)OCC. The molecule has 0 aromatic carbocycles. The Kier molecular flexibility index (Phi) is 17.0. The lowest BCUT2D eigenvalue weighted by Crippen LogP contribution is -2.20. The summed E-state index contributed by atoms with van der Waals surface area (Å²) >= 11 is 0. The number of rotatable bonds is 18. The quantitative estimate of drug-likeness (QED) is 0.166. The van der Waals surface area contributed by atoms with Crippen LogP contribution in [0.2, 0.25) is 0 Å². The number of unbranched alkanes of at least 4 members (excludes halogenated alkanes) is 11. The molecule has 0 radical (unpaired) electrons. The van der Waals surface area contributed by atoms with E-state index in [1.165, 1.54) is 51.4 Å². The lowest BCUT2D eigenvalue weighted by molar-refractivity contribution is -0.143. The minimum absolute atomic E-state index is 0.0491. The fourth-order valence-electron chi connectivity index (χ4n) is 3.13. The summed E-state index contributed by atoms with van der Waals surface area (Å²) < 4.78 is 4.93. The third-order valence-corrected chi connectivity index (χ3v) is 4.82. The molecule has 0 fully saturated rings. The van der Waals surface area contributed by atoms with E-state index < -0.39 is 5.60 Å². The smallest absolute Gasteiger partial charge is 0.305 e. The predicted molar refractivity (Wildman–Crippen MR) is 111 cm³/mol. The molecule has 0 saturated heterocycles. The second-order valence-corrected chi connectivity index (χ2v) is 7.74. The molecule has 1 atom stereocenters. The molecule has 0 rings (SSSR count). The average molecular weight is 369 g/mol. The van der Waals surface area contributed by atoms with E-state index in [2.05, 4.69) is 13.0 Å². The van der Waals surface area contributed by atoms with Gasteiger partial charge in [-0.25, -0.2) is 0 Å². The summed E-state index contributed by atoms with van der Waals surface area (Å²) in [6.45, 7) is 6.42. The lowest BCUT2D eigenvalue weighted by atomic mass is 9.98. The van der Waals surface area contributed by atoms with Crippen molar-refractivity contribution >= 4 is 5.97 Å². The number of hydrogen-bond acceptors (Lipinski definition) is 3. The summed E-state index contributed by atoms with van der Waals surface area (Å²) in [4.78, 5) is 11.2. The van der Waals surface area contributed by atoms with Crippen LogP contribution in [0.15, 0.2) is 12.2 Å². The van der Waals surface area contributed by atoms with Gasteiger partial charge < -0.3 is 9.84 Å². The van der Waals surface area contributed by atoms with Crippen LogP contribution in [0.1, 0.15) is 117 Å². The monoisotopic (exact) mass is 368 g/mol. The fourth-order valence-corrected chi connectivity index (χ4v) is 3.13. The van der Waals surface area contributed by atoms with Gasteiger partial charge in [-0.1, -0.05) is 83.3 Å². The number of hydrogen-bond donors (Lipinski definition) is 1. The lowest BCUT2D eigenvalue weighted by Gasteiger charge is -2.18. The van der Waals surface area contributed by atoms with Gasteiger partial charge >= 0.3 is 5.97 Å². The Bertz CT molecular complexity index is 347. The van der Waals surface area contributed by atoms with Crippen LogP contribution in [0.5, 0.6) is 0 Å². The van der Waals surface area contributed by atoms with Crippen molar-refractivity contribution in [1.82, 2.24) is 0 Å². The van der Waals surface area contributed by atoms with Gasteiger partial charge in [-0.2, -0.15) is 0 Å². The molecule has 0 aromatic rings. The normalized spacial score (nSPS) is 13.8. The molecule has 3 nitrogen and oxygen atoms in total. The van der Waals surface area contributed by atoms with Gasteiger partial charge in [0.05, 0.1) is 12.2 Å². The van der Waals surface area contributed by atoms with Crippen molar-refractivity contribution in [2.75, 3.05) is 6.61 Å².